The molecule has 0 spiro atoms. The molecule has 0 saturated heterocycles. The first-order valence-corrected chi connectivity index (χ1v) is 18.0. The molecule has 51 heavy (non-hydrogen) atoms. The van der Waals surface area contributed by atoms with Crippen LogP contribution < -0.4 is 0 Å². The van der Waals surface area contributed by atoms with Crippen molar-refractivity contribution in [3.05, 3.63) is 164 Å². The Labute approximate surface area is 297 Å². The molecular formula is C47H27N3S. The van der Waals surface area contributed by atoms with Gasteiger partial charge in [-0.15, -0.1) is 11.3 Å². The number of para-hydroxylation sites is 1. The van der Waals surface area contributed by atoms with Crippen molar-refractivity contribution >= 4 is 74.7 Å². The third-order valence-corrected chi connectivity index (χ3v) is 11.4. The van der Waals surface area contributed by atoms with E-state index in [4.69, 9.17) is 15.0 Å². The number of rotatable bonds is 4. The molecule has 3 heterocycles. The summed E-state index contributed by atoms with van der Waals surface area (Å²) in [5.74, 6) is 0.709. The van der Waals surface area contributed by atoms with Gasteiger partial charge in [-0.2, -0.15) is 0 Å². The average Bonchev–Trinajstić information content (AvgIpc) is 3.60. The van der Waals surface area contributed by atoms with Gasteiger partial charge in [-0.05, 0) is 50.5 Å². The molecule has 0 saturated carbocycles. The molecule has 0 aliphatic heterocycles. The van der Waals surface area contributed by atoms with Crippen LogP contribution in [0, 0.1) is 0 Å². The van der Waals surface area contributed by atoms with Crippen molar-refractivity contribution in [3.8, 4) is 45.2 Å². The minimum atomic E-state index is 0.709. The third kappa shape index (κ3) is 4.40. The van der Waals surface area contributed by atoms with Crippen molar-refractivity contribution in [2.75, 3.05) is 0 Å². The lowest BCUT2D eigenvalue weighted by Gasteiger charge is -2.15. The van der Waals surface area contributed by atoms with Crippen molar-refractivity contribution in [3.63, 3.8) is 0 Å². The van der Waals surface area contributed by atoms with Gasteiger partial charge in [0.1, 0.15) is 0 Å². The van der Waals surface area contributed by atoms with Gasteiger partial charge in [0, 0.05) is 47.8 Å². The van der Waals surface area contributed by atoms with E-state index in [1.54, 1.807) is 0 Å². The molecule has 0 fully saturated rings. The molecular weight excluding hydrogens is 639 g/mol. The van der Waals surface area contributed by atoms with Gasteiger partial charge < -0.3 is 0 Å². The van der Waals surface area contributed by atoms with E-state index in [1.807, 2.05) is 29.5 Å². The summed E-state index contributed by atoms with van der Waals surface area (Å²) < 4.78 is 2.55. The van der Waals surface area contributed by atoms with Gasteiger partial charge in [-0.3, -0.25) is 0 Å². The van der Waals surface area contributed by atoms with Crippen LogP contribution in [0.4, 0.5) is 0 Å². The zero-order valence-electron chi connectivity index (χ0n) is 27.3. The molecule has 11 rings (SSSR count). The van der Waals surface area contributed by atoms with E-state index in [-0.39, 0.29) is 0 Å². The Morgan fingerprint density at radius 2 is 1.06 bits per heavy atom. The highest BCUT2D eigenvalue weighted by molar-refractivity contribution is 7.26. The predicted octanol–water partition coefficient (Wildman–Crippen LogP) is 13.0. The van der Waals surface area contributed by atoms with E-state index in [1.165, 1.54) is 57.9 Å². The molecule has 0 bridgehead atoms. The summed E-state index contributed by atoms with van der Waals surface area (Å²) >= 11 is 1.84. The lowest BCUT2D eigenvalue weighted by Crippen LogP contribution is -1.97. The van der Waals surface area contributed by atoms with Gasteiger partial charge in [0.05, 0.1) is 22.6 Å². The highest BCUT2D eigenvalue weighted by atomic mass is 32.1. The van der Waals surface area contributed by atoms with Gasteiger partial charge in [-0.1, -0.05) is 146 Å². The first-order valence-electron chi connectivity index (χ1n) is 17.2. The molecule has 0 N–H and O–H groups in total. The number of benzene rings is 8. The first-order chi connectivity index (χ1) is 25.3. The second-order valence-corrected chi connectivity index (χ2v) is 14.2. The van der Waals surface area contributed by atoms with Crippen molar-refractivity contribution in [2.45, 2.75) is 0 Å². The summed E-state index contributed by atoms with van der Waals surface area (Å²) in [7, 11) is 0. The van der Waals surface area contributed by atoms with E-state index >= 15 is 0 Å². The topological polar surface area (TPSA) is 38.7 Å². The number of aromatic nitrogens is 3. The van der Waals surface area contributed by atoms with Crippen LogP contribution in [0.2, 0.25) is 0 Å². The molecule has 3 aromatic heterocycles. The molecule has 236 valence electrons. The average molecular weight is 666 g/mol. The zero-order valence-corrected chi connectivity index (χ0v) is 28.2. The van der Waals surface area contributed by atoms with E-state index in [9.17, 15) is 0 Å². The van der Waals surface area contributed by atoms with Crippen LogP contribution in [0.15, 0.2) is 164 Å². The second kappa shape index (κ2) is 11.0. The summed E-state index contributed by atoms with van der Waals surface area (Å²) in [4.78, 5) is 15.6. The minimum absolute atomic E-state index is 0.709. The second-order valence-electron chi connectivity index (χ2n) is 13.2. The fourth-order valence-electron chi connectivity index (χ4n) is 7.83. The van der Waals surface area contributed by atoms with Crippen LogP contribution in [0.3, 0.4) is 0 Å². The molecule has 3 nitrogen and oxygen atoms in total. The number of pyridine rings is 1. The summed E-state index contributed by atoms with van der Waals surface area (Å²) in [5, 5.41) is 11.2. The largest absolute Gasteiger partial charge is 0.247 e. The zero-order chi connectivity index (χ0) is 33.5. The monoisotopic (exact) mass is 665 g/mol. The summed E-state index contributed by atoms with van der Waals surface area (Å²) in [6.07, 6.45) is 0. The molecule has 0 amide bonds. The normalized spacial score (nSPS) is 11.9. The van der Waals surface area contributed by atoms with E-state index < -0.39 is 0 Å². The number of fused-ring (bicyclic) bond motifs is 5. The first kappa shape index (κ1) is 28.4. The Kier molecular flexibility index (Phi) is 6.12. The number of hydrogen-bond donors (Lipinski definition) is 0. The van der Waals surface area contributed by atoms with Crippen LogP contribution in [0.1, 0.15) is 0 Å². The van der Waals surface area contributed by atoms with Crippen LogP contribution in [-0.4, -0.2) is 15.0 Å². The molecule has 0 unspecified atom stereocenters. The van der Waals surface area contributed by atoms with Crippen molar-refractivity contribution in [1.29, 1.82) is 0 Å². The number of nitrogens with zero attached hydrogens (tertiary/aromatic N) is 3. The Balaban J connectivity index is 1.10. The van der Waals surface area contributed by atoms with Gasteiger partial charge in [-0.25, -0.2) is 15.0 Å². The molecule has 11 aromatic rings. The lowest BCUT2D eigenvalue weighted by atomic mass is 9.91. The Morgan fingerprint density at radius 1 is 0.392 bits per heavy atom. The summed E-state index contributed by atoms with van der Waals surface area (Å²) in [6.45, 7) is 0. The Hall–Kier alpha value is -6.49. The van der Waals surface area contributed by atoms with Crippen LogP contribution in [0.25, 0.3) is 109 Å². The van der Waals surface area contributed by atoms with Gasteiger partial charge in [0.2, 0.25) is 0 Å². The lowest BCUT2D eigenvalue weighted by molar-refractivity contribution is 1.18. The van der Waals surface area contributed by atoms with E-state index in [0.29, 0.717) is 5.82 Å². The molecule has 0 radical (unpaired) electrons. The third-order valence-electron chi connectivity index (χ3n) is 10.2. The predicted molar refractivity (Wildman–Crippen MR) is 216 cm³/mol. The fourth-order valence-corrected chi connectivity index (χ4v) is 9.06. The quantitative estimate of drug-likeness (QED) is 0.176. The van der Waals surface area contributed by atoms with E-state index in [2.05, 4.69) is 146 Å². The smallest absolute Gasteiger partial charge is 0.160 e. The maximum absolute atomic E-state index is 5.25. The fraction of sp³-hybridized carbons (Fsp3) is 0. The SMILES string of the molecule is c1ccc(-c2nc(-c3ccc(-c4nc5ccccc5c5sc6ccccc6c45)cc3)cc(-c3ccc4ccc5cccc6ccc3c4c56)n2)cc1. The van der Waals surface area contributed by atoms with Crippen LogP contribution in [0.5, 0.6) is 0 Å². The highest BCUT2D eigenvalue weighted by Crippen LogP contribution is 2.43. The van der Waals surface area contributed by atoms with Crippen LogP contribution >= 0.6 is 11.3 Å². The molecule has 0 aliphatic carbocycles. The van der Waals surface area contributed by atoms with Crippen molar-refractivity contribution in [1.82, 2.24) is 15.0 Å². The number of hydrogen-bond acceptors (Lipinski definition) is 4. The minimum Gasteiger partial charge on any atom is -0.247 e. The van der Waals surface area contributed by atoms with Gasteiger partial charge in [0.25, 0.3) is 0 Å². The molecule has 8 aromatic carbocycles. The highest BCUT2D eigenvalue weighted by Gasteiger charge is 2.18. The molecule has 0 atom stereocenters. The number of thiophene rings is 1. The van der Waals surface area contributed by atoms with Crippen LogP contribution in [-0.2, 0) is 0 Å². The van der Waals surface area contributed by atoms with E-state index in [0.717, 1.165) is 44.9 Å². The Bertz CT molecular complexity index is 3110. The molecule has 0 aliphatic rings. The molecule has 4 heteroatoms. The van der Waals surface area contributed by atoms with Crippen molar-refractivity contribution in [2.24, 2.45) is 0 Å². The summed E-state index contributed by atoms with van der Waals surface area (Å²) in [5.41, 5.74) is 8.02. The summed E-state index contributed by atoms with van der Waals surface area (Å²) in [6, 6.07) is 58.2. The Morgan fingerprint density at radius 3 is 1.90 bits per heavy atom. The maximum Gasteiger partial charge on any atom is 0.160 e. The van der Waals surface area contributed by atoms with Gasteiger partial charge >= 0.3 is 0 Å². The van der Waals surface area contributed by atoms with Crippen molar-refractivity contribution < 1.29 is 0 Å². The van der Waals surface area contributed by atoms with Gasteiger partial charge in [0.15, 0.2) is 5.82 Å². The standard InChI is InChI=1S/C47H27N3S/c1-2-9-33(10-3-1)47-49-39(27-40(50-47)34-25-23-31-20-19-29-11-8-12-30-24-26-35(34)43(31)42(29)30)28-17-21-32(22-18-28)45-44-37-14-5-7-16-41(37)51-46(44)36-13-4-6-15-38(36)48-45/h1-27H. The maximum atomic E-state index is 5.25.